The summed E-state index contributed by atoms with van der Waals surface area (Å²) < 4.78 is 36.9. The van der Waals surface area contributed by atoms with Gasteiger partial charge >= 0.3 is 0 Å². The van der Waals surface area contributed by atoms with Crippen molar-refractivity contribution < 1.29 is 17.9 Å². The first kappa shape index (κ1) is 16.3. The summed E-state index contributed by atoms with van der Waals surface area (Å²) in [6, 6.07) is 14.0. The van der Waals surface area contributed by atoms with E-state index in [2.05, 4.69) is 0 Å². The number of hydrogen-bond acceptors (Lipinski definition) is 4. The SMILES string of the molecule is COc1ccc(S(=O)(=O)N(C)Cc2ccccc2)cc1OC. The Hall–Kier alpha value is -2.05. The fraction of sp³-hybridized carbons (Fsp3) is 0.250. The Morgan fingerprint density at radius 3 is 2.18 bits per heavy atom. The molecule has 0 aliphatic carbocycles. The van der Waals surface area contributed by atoms with Gasteiger partial charge in [0.1, 0.15) is 0 Å². The molecule has 0 N–H and O–H groups in total. The van der Waals surface area contributed by atoms with Crippen molar-refractivity contribution in [1.29, 1.82) is 0 Å². The number of nitrogens with zero attached hydrogens (tertiary/aromatic N) is 1. The third kappa shape index (κ3) is 3.40. The molecule has 0 amide bonds. The molecule has 0 saturated heterocycles. The average molecular weight is 321 g/mol. The summed E-state index contributed by atoms with van der Waals surface area (Å²) in [7, 11) is 0.939. The maximum Gasteiger partial charge on any atom is 0.243 e. The van der Waals surface area contributed by atoms with Crippen molar-refractivity contribution in [2.75, 3.05) is 21.3 Å². The molecule has 0 aliphatic rings. The first-order chi connectivity index (χ1) is 10.5. The van der Waals surface area contributed by atoms with Crippen molar-refractivity contribution in [3.05, 3.63) is 54.1 Å². The van der Waals surface area contributed by atoms with E-state index in [1.165, 1.54) is 30.7 Å². The van der Waals surface area contributed by atoms with Gasteiger partial charge in [0.15, 0.2) is 11.5 Å². The van der Waals surface area contributed by atoms with Crippen LogP contribution in [0.3, 0.4) is 0 Å². The van der Waals surface area contributed by atoms with E-state index in [4.69, 9.17) is 9.47 Å². The summed E-state index contributed by atoms with van der Waals surface area (Å²) in [5, 5.41) is 0. The molecule has 0 bridgehead atoms. The summed E-state index contributed by atoms with van der Waals surface area (Å²) in [5.74, 6) is 0.879. The second-order valence-electron chi connectivity index (χ2n) is 4.76. The van der Waals surface area contributed by atoms with Crippen LogP contribution in [0.4, 0.5) is 0 Å². The lowest BCUT2D eigenvalue weighted by Gasteiger charge is -2.18. The van der Waals surface area contributed by atoms with E-state index in [0.717, 1.165) is 5.56 Å². The van der Waals surface area contributed by atoms with Crippen LogP contribution in [0.15, 0.2) is 53.4 Å². The highest BCUT2D eigenvalue weighted by Crippen LogP contribution is 2.30. The van der Waals surface area contributed by atoms with Gasteiger partial charge < -0.3 is 9.47 Å². The fourth-order valence-electron chi connectivity index (χ4n) is 2.08. The molecule has 2 aromatic rings. The summed E-state index contributed by atoms with van der Waals surface area (Å²) in [6.45, 7) is 0.303. The second-order valence-corrected chi connectivity index (χ2v) is 6.81. The van der Waals surface area contributed by atoms with Gasteiger partial charge in [0, 0.05) is 19.7 Å². The first-order valence-corrected chi connectivity index (χ1v) is 8.15. The molecule has 0 spiro atoms. The zero-order chi connectivity index (χ0) is 16.2. The van der Waals surface area contributed by atoms with E-state index in [1.807, 2.05) is 30.3 Å². The van der Waals surface area contributed by atoms with Gasteiger partial charge in [-0.25, -0.2) is 8.42 Å². The largest absolute Gasteiger partial charge is 0.493 e. The molecule has 0 heterocycles. The van der Waals surface area contributed by atoms with E-state index >= 15 is 0 Å². The second kappa shape index (κ2) is 6.81. The highest BCUT2D eigenvalue weighted by atomic mass is 32.2. The van der Waals surface area contributed by atoms with E-state index in [0.29, 0.717) is 18.0 Å². The molecule has 0 fully saturated rings. The number of methoxy groups -OCH3 is 2. The van der Waals surface area contributed by atoms with Crippen molar-refractivity contribution in [3.8, 4) is 11.5 Å². The van der Waals surface area contributed by atoms with Crippen molar-refractivity contribution >= 4 is 10.0 Å². The standard InChI is InChI=1S/C16H19NO4S/c1-17(12-13-7-5-4-6-8-13)22(18,19)14-9-10-15(20-2)16(11-14)21-3/h4-11H,12H2,1-3H3. The van der Waals surface area contributed by atoms with Gasteiger partial charge in [-0.05, 0) is 17.7 Å². The number of hydrogen-bond donors (Lipinski definition) is 0. The Bertz CT molecular complexity index is 729. The van der Waals surface area contributed by atoms with E-state index in [-0.39, 0.29) is 4.90 Å². The van der Waals surface area contributed by atoms with Gasteiger partial charge in [-0.3, -0.25) is 0 Å². The number of ether oxygens (including phenoxy) is 2. The summed E-state index contributed by atoms with van der Waals surface area (Å²) in [4.78, 5) is 0.170. The molecule has 0 aliphatic heterocycles. The molecule has 2 rings (SSSR count). The lowest BCUT2D eigenvalue weighted by Crippen LogP contribution is -2.26. The van der Waals surface area contributed by atoms with Gasteiger partial charge in [-0.1, -0.05) is 30.3 Å². The van der Waals surface area contributed by atoms with Crippen LogP contribution in [0.1, 0.15) is 5.56 Å². The predicted molar refractivity (Wildman–Crippen MR) is 84.6 cm³/mol. The van der Waals surface area contributed by atoms with E-state index in [1.54, 1.807) is 13.1 Å². The quantitative estimate of drug-likeness (QED) is 0.820. The van der Waals surface area contributed by atoms with Crippen LogP contribution in [0.2, 0.25) is 0 Å². The molecule has 0 radical (unpaired) electrons. The highest BCUT2D eigenvalue weighted by Gasteiger charge is 2.22. The minimum Gasteiger partial charge on any atom is -0.493 e. The topological polar surface area (TPSA) is 55.8 Å². The third-order valence-electron chi connectivity index (χ3n) is 3.31. The van der Waals surface area contributed by atoms with Crippen LogP contribution < -0.4 is 9.47 Å². The van der Waals surface area contributed by atoms with Gasteiger partial charge in [0.2, 0.25) is 10.0 Å². The molecular weight excluding hydrogens is 302 g/mol. The normalized spacial score (nSPS) is 11.5. The molecule has 0 saturated carbocycles. The molecule has 118 valence electrons. The molecule has 0 atom stereocenters. The maximum atomic E-state index is 12.6. The van der Waals surface area contributed by atoms with Crippen LogP contribution in [-0.2, 0) is 16.6 Å². The zero-order valence-corrected chi connectivity index (χ0v) is 13.6. The van der Waals surface area contributed by atoms with Crippen LogP contribution in [0, 0.1) is 0 Å². The maximum absolute atomic E-state index is 12.6. The first-order valence-electron chi connectivity index (χ1n) is 6.71. The molecule has 0 unspecified atom stereocenters. The number of rotatable bonds is 6. The molecule has 2 aromatic carbocycles. The Balaban J connectivity index is 2.29. The zero-order valence-electron chi connectivity index (χ0n) is 12.8. The third-order valence-corrected chi connectivity index (χ3v) is 5.11. The Labute approximate surface area is 131 Å². The van der Waals surface area contributed by atoms with Gasteiger partial charge in [0.25, 0.3) is 0 Å². The van der Waals surface area contributed by atoms with Crippen LogP contribution in [-0.4, -0.2) is 34.0 Å². The van der Waals surface area contributed by atoms with Gasteiger partial charge in [0.05, 0.1) is 19.1 Å². The number of sulfonamides is 1. The smallest absolute Gasteiger partial charge is 0.243 e. The lowest BCUT2D eigenvalue weighted by molar-refractivity contribution is 0.353. The van der Waals surface area contributed by atoms with Gasteiger partial charge in [-0.2, -0.15) is 4.31 Å². The molecule has 0 aromatic heterocycles. The summed E-state index contributed by atoms with van der Waals surface area (Å²) >= 11 is 0. The highest BCUT2D eigenvalue weighted by molar-refractivity contribution is 7.89. The van der Waals surface area contributed by atoms with E-state index in [9.17, 15) is 8.42 Å². The molecular formula is C16H19NO4S. The Morgan fingerprint density at radius 1 is 0.955 bits per heavy atom. The molecule has 22 heavy (non-hydrogen) atoms. The van der Waals surface area contributed by atoms with Crippen LogP contribution in [0.5, 0.6) is 11.5 Å². The Morgan fingerprint density at radius 2 is 1.59 bits per heavy atom. The molecule has 6 heteroatoms. The van der Waals surface area contributed by atoms with E-state index < -0.39 is 10.0 Å². The predicted octanol–water partition coefficient (Wildman–Crippen LogP) is 2.52. The minimum absolute atomic E-state index is 0.170. The summed E-state index contributed by atoms with van der Waals surface area (Å²) in [5.41, 5.74) is 0.925. The Kier molecular flexibility index (Phi) is 5.05. The van der Waals surface area contributed by atoms with Crippen molar-refractivity contribution in [2.45, 2.75) is 11.4 Å². The fourth-order valence-corrected chi connectivity index (χ4v) is 3.26. The van der Waals surface area contributed by atoms with Crippen molar-refractivity contribution in [3.63, 3.8) is 0 Å². The van der Waals surface area contributed by atoms with Crippen LogP contribution >= 0.6 is 0 Å². The summed E-state index contributed by atoms with van der Waals surface area (Å²) in [6.07, 6.45) is 0. The number of benzene rings is 2. The average Bonchev–Trinajstić information content (AvgIpc) is 2.54. The van der Waals surface area contributed by atoms with Crippen molar-refractivity contribution in [2.24, 2.45) is 0 Å². The van der Waals surface area contributed by atoms with Gasteiger partial charge in [-0.15, -0.1) is 0 Å². The minimum atomic E-state index is -3.60. The molecule has 5 nitrogen and oxygen atoms in total. The monoisotopic (exact) mass is 321 g/mol. The lowest BCUT2D eigenvalue weighted by atomic mass is 10.2. The van der Waals surface area contributed by atoms with Crippen molar-refractivity contribution in [1.82, 2.24) is 4.31 Å². The van der Waals surface area contributed by atoms with Crippen LogP contribution in [0.25, 0.3) is 0 Å².